The van der Waals surface area contributed by atoms with E-state index in [1.54, 1.807) is 13.1 Å². The number of nitrogens with zero attached hydrogens (tertiary/aromatic N) is 1. The van der Waals surface area contributed by atoms with Crippen molar-refractivity contribution in [1.82, 2.24) is 10.2 Å². The zero-order valence-corrected chi connectivity index (χ0v) is 15.1. The van der Waals surface area contributed by atoms with E-state index in [1.165, 1.54) is 5.56 Å². The third-order valence-electron chi connectivity index (χ3n) is 3.05. The molecule has 0 radical (unpaired) electrons. The Balaban J connectivity index is 0.00000172. The molecule has 0 aliphatic rings. The summed E-state index contributed by atoms with van der Waals surface area (Å²) < 4.78 is 5.10. The number of benzene rings is 1. The summed E-state index contributed by atoms with van der Waals surface area (Å²) in [6, 6.07) is 8.20. The molecule has 5 heteroatoms. The van der Waals surface area contributed by atoms with Gasteiger partial charge in [0.25, 0.3) is 0 Å². The molecule has 0 aliphatic heterocycles. The zero-order valence-electron chi connectivity index (χ0n) is 12.9. The standard InChI is InChI=1S/C14H22N2O2.CH3I/c1-11(16(3)4)8-9-12-6-5-7-13(10-12)18-14(17)15-2;1-2/h5-7,10-11H,8-9H2,1-4H3,(H,15,17);1H3. The molecule has 0 bridgehead atoms. The molecule has 0 saturated heterocycles. The Morgan fingerprint density at radius 3 is 2.60 bits per heavy atom. The summed E-state index contributed by atoms with van der Waals surface area (Å²) in [6.07, 6.45) is 1.62. The molecule has 0 spiro atoms. The number of alkyl halides is 1. The number of carbonyl (C=O) groups is 1. The molecule has 0 aliphatic carbocycles. The maximum absolute atomic E-state index is 11.1. The first-order valence-corrected chi connectivity index (χ1v) is 8.71. The molecule has 0 fully saturated rings. The van der Waals surface area contributed by atoms with Gasteiger partial charge in [-0.2, -0.15) is 0 Å². The second-order valence-electron chi connectivity index (χ2n) is 4.64. The van der Waals surface area contributed by atoms with Crippen LogP contribution in [0.15, 0.2) is 24.3 Å². The number of rotatable bonds is 5. The molecule has 1 rings (SSSR count). The van der Waals surface area contributed by atoms with E-state index in [0.717, 1.165) is 12.8 Å². The number of nitrogens with one attached hydrogen (secondary N) is 1. The van der Waals surface area contributed by atoms with Crippen LogP contribution in [0, 0.1) is 0 Å². The van der Waals surface area contributed by atoms with Gasteiger partial charge in [-0.05, 0) is 56.5 Å². The number of ether oxygens (including phenoxy) is 1. The van der Waals surface area contributed by atoms with Crippen LogP contribution in [0.5, 0.6) is 5.75 Å². The van der Waals surface area contributed by atoms with E-state index < -0.39 is 6.09 Å². The fourth-order valence-electron chi connectivity index (χ4n) is 1.56. The van der Waals surface area contributed by atoms with Crippen molar-refractivity contribution in [2.24, 2.45) is 0 Å². The molecule has 1 aromatic rings. The first kappa shape index (κ1) is 19.2. The van der Waals surface area contributed by atoms with E-state index in [-0.39, 0.29) is 0 Å². The van der Waals surface area contributed by atoms with Gasteiger partial charge in [-0.15, -0.1) is 0 Å². The Hall–Kier alpha value is -0.820. The highest BCUT2D eigenvalue weighted by Gasteiger charge is 2.06. The lowest BCUT2D eigenvalue weighted by molar-refractivity contribution is 0.203. The van der Waals surface area contributed by atoms with Crippen molar-refractivity contribution in [3.8, 4) is 5.75 Å². The average Bonchev–Trinajstić information content (AvgIpc) is 2.47. The smallest absolute Gasteiger partial charge is 0.410 e. The highest BCUT2D eigenvalue weighted by atomic mass is 127. The number of halogens is 1. The second-order valence-corrected chi connectivity index (χ2v) is 4.64. The SMILES string of the molecule is CI.CNC(=O)Oc1cccc(CCC(C)N(C)C)c1. The van der Waals surface area contributed by atoms with Crippen molar-refractivity contribution >= 4 is 28.7 Å². The third kappa shape index (κ3) is 7.69. The fraction of sp³-hybridized carbons (Fsp3) is 0.533. The van der Waals surface area contributed by atoms with Crippen LogP contribution in [0.3, 0.4) is 0 Å². The van der Waals surface area contributed by atoms with Gasteiger partial charge in [-0.3, -0.25) is 0 Å². The van der Waals surface area contributed by atoms with Gasteiger partial charge in [0.1, 0.15) is 5.75 Å². The van der Waals surface area contributed by atoms with Crippen LogP contribution in [0.2, 0.25) is 0 Å². The largest absolute Gasteiger partial charge is 0.412 e. The van der Waals surface area contributed by atoms with Crippen molar-refractivity contribution in [2.75, 3.05) is 26.1 Å². The molecule has 1 unspecified atom stereocenters. The second kappa shape index (κ2) is 10.9. The lowest BCUT2D eigenvalue weighted by atomic mass is 10.1. The van der Waals surface area contributed by atoms with Gasteiger partial charge in [0.2, 0.25) is 0 Å². The van der Waals surface area contributed by atoms with Gasteiger partial charge in [-0.1, -0.05) is 34.7 Å². The Bertz CT molecular complexity index is 397. The lowest BCUT2D eigenvalue weighted by Gasteiger charge is -2.19. The monoisotopic (exact) mass is 392 g/mol. The predicted octanol–water partition coefficient (Wildman–Crippen LogP) is 3.34. The van der Waals surface area contributed by atoms with Crippen molar-refractivity contribution < 1.29 is 9.53 Å². The van der Waals surface area contributed by atoms with Gasteiger partial charge >= 0.3 is 6.09 Å². The van der Waals surface area contributed by atoms with Crippen molar-refractivity contribution in [3.63, 3.8) is 0 Å². The van der Waals surface area contributed by atoms with Crippen LogP contribution >= 0.6 is 22.6 Å². The summed E-state index contributed by atoms with van der Waals surface area (Å²) in [5.41, 5.74) is 1.19. The summed E-state index contributed by atoms with van der Waals surface area (Å²) in [6.45, 7) is 2.20. The zero-order chi connectivity index (χ0) is 15.5. The van der Waals surface area contributed by atoms with E-state index in [4.69, 9.17) is 4.74 Å². The molecule has 4 nitrogen and oxygen atoms in total. The number of hydrogen-bond acceptors (Lipinski definition) is 3. The number of carbonyl (C=O) groups excluding carboxylic acids is 1. The molecule has 0 aromatic heterocycles. The van der Waals surface area contributed by atoms with Crippen LogP contribution in [0.4, 0.5) is 4.79 Å². The van der Waals surface area contributed by atoms with E-state index in [1.807, 2.05) is 17.1 Å². The van der Waals surface area contributed by atoms with Crippen molar-refractivity contribution in [2.45, 2.75) is 25.8 Å². The van der Waals surface area contributed by atoms with Gasteiger partial charge in [0.15, 0.2) is 0 Å². The lowest BCUT2D eigenvalue weighted by Crippen LogP contribution is -2.25. The number of amides is 1. The van der Waals surface area contributed by atoms with Crippen LogP contribution in [-0.2, 0) is 6.42 Å². The number of hydrogen-bond donors (Lipinski definition) is 1. The van der Waals surface area contributed by atoms with E-state index >= 15 is 0 Å². The molecule has 1 atom stereocenters. The van der Waals surface area contributed by atoms with E-state index in [9.17, 15) is 4.79 Å². The molecule has 1 aromatic carbocycles. The van der Waals surface area contributed by atoms with Gasteiger partial charge in [0, 0.05) is 13.1 Å². The average molecular weight is 392 g/mol. The van der Waals surface area contributed by atoms with Gasteiger partial charge in [-0.25, -0.2) is 4.79 Å². The first-order valence-electron chi connectivity index (χ1n) is 6.55. The minimum Gasteiger partial charge on any atom is -0.410 e. The normalized spacial score (nSPS) is 11.3. The van der Waals surface area contributed by atoms with E-state index in [2.05, 4.69) is 59.9 Å². The first-order chi connectivity index (χ1) is 9.52. The molecular formula is C15H25IN2O2. The highest BCUT2D eigenvalue weighted by molar-refractivity contribution is 14.1. The summed E-state index contributed by atoms with van der Waals surface area (Å²) in [4.78, 5) is 15.3. The molecule has 114 valence electrons. The molecule has 1 N–H and O–H groups in total. The summed E-state index contributed by atoms with van der Waals surface area (Å²) in [5.74, 6) is 0.587. The van der Waals surface area contributed by atoms with Crippen LogP contribution in [-0.4, -0.2) is 43.1 Å². The quantitative estimate of drug-likeness (QED) is 0.618. The van der Waals surface area contributed by atoms with Crippen LogP contribution < -0.4 is 10.1 Å². The van der Waals surface area contributed by atoms with E-state index in [0.29, 0.717) is 11.8 Å². The van der Waals surface area contributed by atoms with Crippen molar-refractivity contribution in [1.29, 1.82) is 0 Å². The molecule has 0 saturated carbocycles. The summed E-state index contributed by atoms with van der Waals surface area (Å²) in [7, 11) is 5.70. The Morgan fingerprint density at radius 1 is 1.40 bits per heavy atom. The minimum atomic E-state index is -0.436. The molecular weight excluding hydrogens is 367 g/mol. The van der Waals surface area contributed by atoms with Crippen LogP contribution in [0.1, 0.15) is 18.9 Å². The predicted molar refractivity (Wildman–Crippen MR) is 92.9 cm³/mol. The highest BCUT2D eigenvalue weighted by Crippen LogP contribution is 2.16. The summed E-state index contributed by atoms with van der Waals surface area (Å²) >= 11 is 2.15. The van der Waals surface area contributed by atoms with Gasteiger partial charge < -0.3 is 15.0 Å². The maximum atomic E-state index is 11.1. The molecule has 20 heavy (non-hydrogen) atoms. The molecule has 1 amide bonds. The minimum absolute atomic E-state index is 0.436. The molecule has 0 heterocycles. The Kier molecular flexibility index (Phi) is 10.5. The maximum Gasteiger partial charge on any atom is 0.412 e. The van der Waals surface area contributed by atoms with Gasteiger partial charge in [0.05, 0.1) is 0 Å². The fourth-order valence-corrected chi connectivity index (χ4v) is 1.56. The van der Waals surface area contributed by atoms with Crippen LogP contribution in [0.25, 0.3) is 0 Å². The third-order valence-corrected chi connectivity index (χ3v) is 3.05. The van der Waals surface area contributed by atoms with Crippen molar-refractivity contribution in [3.05, 3.63) is 29.8 Å². The Labute approximate surface area is 136 Å². The topological polar surface area (TPSA) is 41.6 Å². The Morgan fingerprint density at radius 2 is 2.05 bits per heavy atom. The number of aryl methyl sites for hydroxylation is 1. The summed E-state index contributed by atoms with van der Waals surface area (Å²) in [5, 5.41) is 2.43.